The number of rotatable bonds is 4. The number of thioether (sulfide) groups is 1. The number of nitrogens with two attached hydrogens (primary N) is 1. The largest absolute Gasteiger partial charge is 0.477 e. The first kappa shape index (κ1) is 16.9. The van der Waals surface area contributed by atoms with E-state index in [2.05, 4.69) is 5.32 Å². The second kappa shape index (κ2) is 6.54. The van der Waals surface area contributed by atoms with E-state index in [1.807, 2.05) is 18.2 Å². The predicted octanol–water partition coefficient (Wildman–Crippen LogP) is 1.25. The van der Waals surface area contributed by atoms with Crippen LogP contribution in [0.1, 0.15) is 18.5 Å². The summed E-state index contributed by atoms with van der Waals surface area (Å²) in [4.78, 5) is 25.9. The Hall–Kier alpha value is -1.90. The van der Waals surface area contributed by atoms with Crippen LogP contribution in [0.2, 0.25) is 0 Å². The second-order valence-corrected chi connectivity index (χ2v) is 7.24. The molecular formula is C16H17N3O3S2. The Balaban J connectivity index is 1.71. The number of carboxylic acid groups (broad SMARTS) is 1. The molecule has 0 aliphatic carbocycles. The van der Waals surface area contributed by atoms with Crippen LogP contribution in [-0.2, 0) is 9.59 Å². The number of benzene rings is 1. The average Bonchev–Trinajstić information content (AvgIpc) is 2.59. The number of hydrogen-bond acceptors (Lipinski definition) is 5. The summed E-state index contributed by atoms with van der Waals surface area (Å²) in [6.07, 6.45) is 0. The molecule has 0 bridgehead atoms. The van der Waals surface area contributed by atoms with Crippen molar-refractivity contribution in [3.8, 4) is 0 Å². The number of amides is 1. The molecule has 3 rings (SSSR count). The number of nitrogens with zero attached hydrogens (tertiary/aromatic N) is 1. The first-order chi connectivity index (χ1) is 11.4. The van der Waals surface area contributed by atoms with Crippen LogP contribution in [0.15, 0.2) is 41.6 Å². The van der Waals surface area contributed by atoms with E-state index in [9.17, 15) is 14.7 Å². The fraction of sp³-hybridized carbons (Fsp3) is 0.312. The fourth-order valence-corrected chi connectivity index (χ4v) is 4.69. The van der Waals surface area contributed by atoms with E-state index in [1.54, 1.807) is 35.7 Å². The molecule has 2 aliphatic rings. The molecule has 1 amide bonds. The molecule has 1 aromatic rings. The lowest BCUT2D eigenvalue weighted by atomic mass is 10.0. The highest BCUT2D eigenvalue weighted by Crippen LogP contribution is 2.40. The molecule has 1 fully saturated rings. The molecule has 1 unspecified atom stereocenters. The molecule has 24 heavy (non-hydrogen) atoms. The van der Waals surface area contributed by atoms with Crippen LogP contribution in [0.25, 0.3) is 0 Å². The van der Waals surface area contributed by atoms with Gasteiger partial charge in [0.2, 0.25) is 5.91 Å². The van der Waals surface area contributed by atoms with Crippen LogP contribution in [0, 0.1) is 0 Å². The number of carboxylic acids is 1. The summed E-state index contributed by atoms with van der Waals surface area (Å²) in [5.41, 5.74) is 7.71. The van der Waals surface area contributed by atoms with Crippen molar-refractivity contribution in [1.29, 1.82) is 0 Å². The van der Waals surface area contributed by atoms with Gasteiger partial charge in [-0.1, -0.05) is 42.5 Å². The number of thiocarbonyl (C=S) groups is 1. The molecule has 3 atom stereocenters. The molecule has 4 N–H and O–H groups in total. The molecule has 6 nitrogen and oxygen atoms in total. The minimum Gasteiger partial charge on any atom is -0.477 e. The van der Waals surface area contributed by atoms with Crippen LogP contribution >= 0.6 is 24.0 Å². The molecule has 2 aliphatic heterocycles. The van der Waals surface area contributed by atoms with E-state index in [4.69, 9.17) is 18.0 Å². The standard InChI is InChI=1S/C16H17N3O3S2/c1-8-7-24-15-11(14(23)19(15)12(8)16(21)22)18-13(20)10(17)9-5-3-2-4-6-9/h2-6,10-11,15H,7,17H2,1H3,(H,18,20)(H,21,22)/t10?,11-,15-/m1/s1. The molecule has 1 saturated heterocycles. The molecule has 1 aromatic carbocycles. The van der Waals surface area contributed by atoms with Crippen LogP contribution in [0.5, 0.6) is 0 Å². The zero-order valence-electron chi connectivity index (χ0n) is 12.9. The van der Waals surface area contributed by atoms with Crippen LogP contribution in [0.4, 0.5) is 0 Å². The fourth-order valence-electron chi connectivity index (χ4n) is 2.83. The Morgan fingerprint density at radius 1 is 1.42 bits per heavy atom. The zero-order chi connectivity index (χ0) is 17.4. The lowest BCUT2D eigenvalue weighted by Crippen LogP contribution is -2.70. The molecule has 126 valence electrons. The summed E-state index contributed by atoms with van der Waals surface area (Å²) in [6, 6.07) is 7.92. The van der Waals surface area contributed by atoms with Gasteiger partial charge in [0.25, 0.3) is 0 Å². The SMILES string of the molecule is CC1=C(C(=O)O)N2C(=S)[C@@H](NC(=O)C(N)c3ccccc3)[C@H]2SC1. The van der Waals surface area contributed by atoms with Crippen molar-refractivity contribution in [1.82, 2.24) is 10.2 Å². The van der Waals surface area contributed by atoms with E-state index < -0.39 is 12.0 Å². The highest BCUT2D eigenvalue weighted by atomic mass is 32.2. The highest BCUT2D eigenvalue weighted by molar-refractivity contribution is 8.00. The van der Waals surface area contributed by atoms with Gasteiger partial charge in [-0.25, -0.2) is 4.79 Å². The van der Waals surface area contributed by atoms with Crippen LogP contribution in [-0.4, -0.2) is 44.0 Å². The maximum absolute atomic E-state index is 12.4. The maximum Gasteiger partial charge on any atom is 0.352 e. The van der Waals surface area contributed by atoms with Gasteiger partial charge in [-0.2, -0.15) is 0 Å². The topological polar surface area (TPSA) is 95.7 Å². The van der Waals surface area contributed by atoms with Crippen molar-refractivity contribution in [3.63, 3.8) is 0 Å². The van der Waals surface area contributed by atoms with Gasteiger partial charge in [0.05, 0.1) is 0 Å². The monoisotopic (exact) mass is 363 g/mol. The van der Waals surface area contributed by atoms with Crippen molar-refractivity contribution in [2.45, 2.75) is 24.4 Å². The van der Waals surface area contributed by atoms with E-state index in [-0.39, 0.29) is 23.0 Å². The summed E-state index contributed by atoms with van der Waals surface area (Å²) >= 11 is 6.90. The van der Waals surface area contributed by atoms with Gasteiger partial charge in [0.15, 0.2) is 0 Å². The zero-order valence-corrected chi connectivity index (χ0v) is 14.6. The number of nitrogens with one attached hydrogen (secondary N) is 1. The van der Waals surface area contributed by atoms with Gasteiger partial charge in [-0.05, 0) is 18.1 Å². The lowest BCUT2D eigenvalue weighted by Gasteiger charge is -2.52. The summed E-state index contributed by atoms with van der Waals surface area (Å²) in [6.45, 7) is 1.78. The summed E-state index contributed by atoms with van der Waals surface area (Å²) in [5, 5.41) is 12.0. The summed E-state index contributed by atoms with van der Waals surface area (Å²) in [5.74, 6) is -0.717. The smallest absolute Gasteiger partial charge is 0.352 e. The van der Waals surface area contributed by atoms with Crippen LogP contribution in [0.3, 0.4) is 0 Å². The van der Waals surface area contributed by atoms with Crippen molar-refractivity contribution in [2.24, 2.45) is 5.73 Å². The summed E-state index contributed by atoms with van der Waals surface area (Å²) < 4.78 is 0. The number of carbonyl (C=O) groups is 2. The van der Waals surface area contributed by atoms with Gasteiger partial charge in [-0.3, -0.25) is 4.79 Å². The Bertz CT molecular complexity index is 735. The Morgan fingerprint density at radius 2 is 2.08 bits per heavy atom. The van der Waals surface area contributed by atoms with Crippen LogP contribution < -0.4 is 11.1 Å². The summed E-state index contributed by atoms with van der Waals surface area (Å²) in [7, 11) is 0. The molecule has 0 saturated carbocycles. The molecule has 8 heteroatoms. The van der Waals surface area contributed by atoms with Gasteiger partial charge in [0.1, 0.15) is 28.1 Å². The van der Waals surface area contributed by atoms with Gasteiger partial charge in [-0.15, -0.1) is 11.8 Å². The number of carbonyl (C=O) groups excluding carboxylic acids is 1. The van der Waals surface area contributed by atoms with Gasteiger partial charge < -0.3 is 21.1 Å². The third kappa shape index (κ3) is 2.81. The predicted molar refractivity (Wildman–Crippen MR) is 96.3 cm³/mol. The van der Waals surface area contributed by atoms with E-state index in [1.165, 1.54) is 0 Å². The average molecular weight is 363 g/mol. The molecular weight excluding hydrogens is 346 g/mol. The number of hydrogen-bond donors (Lipinski definition) is 3. The van der Waals surface area contributed by atoms with Crippen molar-refractivity contribution in [2.75, 3.05) is 5.75 Å². The second-order valence-electron chi connectivity index (χ2n) is 5.72. The third-order valence-electron chi connectivity index (χ3n) is 4.10. The van der Waals surface area contributed by atoms with E-state index >= 15 is 0 Å². The van der Waals surface area contributed by atoms with Crippen molar-refractivity contribution >= 4 is 40.8 Å². The van der Waals surface area contributed by atoms with Gasteiger partial charge >= 0.3 is 5.97 Å². The normalized spacial score (nSPS) is 24.1. The number of fused-ring (bicyclic) bond motifs is 1. The molecule has 0 radical (unpaired) electrons. The first-order valence-electron chi connectivity index (χ1n) is 7.40. The van der Waals surface area contributed by atoms with Gasteiger partial charge in [0, 0.05) is 5.75 Å². The Morgan fingerprint density at radius 3 is 2.71 bits per heavy atom. The van der Waals surface area contributed by atoms with E-state index in [0.29, 0.717) is 10.7 Å². The number of aliphatic carboxylic acids is 1. The Kier molecular flexibility index (Phi) is 4.62. The minimum absolute atomic E-state index is 0.195. The quantitative estimate of drug-likeness (QED) is 0.693. The van der Waals surface area contributed by atoms with Crippen molar-refractivity contribution < 1.29 is 14.7 Å². The molecule has 0 spiro atoms. The Labute approximate surface area is 149 Å². The van der Waals surface area contributed by atoms with E-state index in [0.717, 1.165) is 11.1 Å². The molecule has 2 heterocycles. The molecule has 0 aromatic heterocycles. The lowest BCUT2D eigenvalue weighted by molar-refractivity contribution is -0.134. The van der Waals surface area contributed by atoms with Crippen molar-refractivity contribution in [3.05, 3.63) is 47.2 Å². The highest BCUT2D eigenvalue weighted by Gasteiger charge is 2.51. The third-order valence-corrected chi connectivity index (χ3v) is 5.98. The first-order valence-corrected chi connectivity index (χ1v) is 8.86. The minimum atomic E-state index is -0.995. The maximum atomic E-state index is 12.4.